The molecule has 0 aliphatic rings. The largest absolute Gasteiger partial charge is 0.493 e. The Kier molecular flexibility index (Phi) is 3.30. The zero-order chi connectivity index (χ0) is 10.7. The number of aldehydes is 1. The predicted octanol–water partition coefficient (Wildman–Crippen LogP) is 2.31. The monoisotopic (exact) mass is 218 g/mol. The van der Waals surface area contributed by atoms with Crippen LogP contribution in [0.25, 0.3) is 0 Å². The third-order valence-corrected chi connectivity index (χ3v) is 1.98. The van der Waals surface area contributed by atoms with Crippen LogP contribution in [-0.4, -0.2) is 20.5 Å². The van der Waals surface area contributed by atoms with Gasteiger partial charge in [0, 0.05) is 0 Å². The standard InChI is InChI=1S/C9H8ClFO3/c1-13-8-5(4-12)3-6(10)9(14-2)7(8)11/h3-4H,1-2H3. The Bertz CT molecular complexity index is 366. The SMILES string of the molecule is COc1c(Cl)cc(C=O)c(OC)c1F. The van der Waals surface area contributed by atoms with Crippen LogP contribution >= 0.6 is 11.6 Å². The lowest BCUT2D eigenvalue weighted by atomic mass is 10.2. The van der Waals surface area contributed by atoms with Crippen molar-refractivity contribution < 1.29 is 18.7 Å². The Morgan fingerprint density at radius 3 is 2.36 bits per heavy atom. The second-order valence-corrected chi connectivity index (χ2v) is 2.85. The van der Waals surface area contributed by atoms with Gasteiger partial charge in [-0.25, -0.2) is 0 Å². The summed E-state index contributed by atoms with van der Waals surface area (Å²) in [6.45, 7) is 0. The average molecular weight is 219 g/mol. The number of hydrogen-bond donors (Lipinski definition) is 0. The van der Waals surface area contributed by atoms with E-state index in [0.29, 0.717) is 6.29 Å². The molecule has 0 saturated heterocycles. The van der Waals surface area contributed by atoms with Crippen LogP contribution < -0.4 is 9.47 Å². The van der Waals surface area contributed by atoms with Gasteiger partial charge in [0.15, 0.2) is 17.8 Å². The molecule has 0 unspecified atom stereocenters. The molecule has 5 heteroatoms. The van der Waals surface area contributed by atoms with Crippen LogP contribution in [0.2, 0.25) is 5.02 Å². The second kappa shape index (κ2) is 4.28. The molecule has 76 valence electrons. The quantitative estimate of drug-likeness (QED) is 0.731. The number of benzene rings is 1. The highest BCUT2D eigenvalue weighted by molar-refractivity contribution is 6.32. The van der Waals surface area contributed by atoms with Crippen LogP contribution in [0.1, 0.15) is 10.4 Å². The molecule has 0 bridgehead atoms. The van der Waals surface area contributed by atoms with E-state index in [2.05, 4.69) is 0 Å². The van der Waals surface area contributed by atoms with E-state index in [9.17, 15) is 9.18 Å². The zero-order valence-electron chi connectivity index (χ0n) is 7.64. The maximum Gasteiger partial charge on any atom is 0.209 e. The third-order valence-electron chi connectivity index (χ3n) is 1.70. The highest BCUT2D eigenvalue weighted by atomic mass is 35.5. The smallest absolute Gasteiger partial charge is 0.209 e. The molecule has 1 rings (SSSR count). The van der Waals surface area contributed by atoms with E-state index < -0.39 is 5.82 Å². The van der Waals surface area contributed by atoms with Crippen molar-refractivity contribution in [3.05, 3.63) is 22.5 Å². The lowest BCUT2D eigenvalue weighted by molar-refractivity contribution is 0.111. The highest BCUT2D eigenvalue weighted by Crippen LogP contribution is 2.35. The maximum atomic E-state index is 13.5. The molecule has 0 spiro atoms. The Balaban J connectivity index is 3.46. The molecule has 0 fully saturated rings. The van der Waals surface area contributed by atoms with Gasteiger partial charge in [0.25, 0.3) is 0 Å². The predicted molar refractivity (Wildman–Crippen MR) is 49.9 cm³/mol. The molecular formula is C9H8ClFO3. The van der Waals surface area contributed by atoms with E-state index in [1.807, 2.05) is 0 Å². The molecule has 0 radical (unpaired) electrons. The van der Waals surface area contributed by atoms with E-state index >= 15 is 0 Å². The van der Waals surface area contributed by atoms with Gasteiger partial charge in [-0.3, -0.25) is 4.79 Å². The summed E-state index contributed by atoms with van der Waals surface area (Å²) in [6.07, 6.45) is 0.466. The minimum Gasteiger partial charge on any atom is -0.493 e. The topological polar surface area (TPSA) is 35.5 Å². The summed E-state index contributed by atoms with van der Waals surface area (Å²) < 4.78 is 22.9. The summed E-state index contributed by atoms with van der Waals surface area (Å²) in [4.78, 5) is 10.5. The number of hydrogen-bond acceptors (Lipinski definition) is 3. The van der Waals surface area contributed by atoms with Gasteiger partial charge in [0.05, 0.1) is 24.8 Å². The second-order valence-electron chi connectivity index (χ2n) is 2.45. The van der Waals surface area contributed by atoms with Crippen molar-refractivity contribution in [1.29, 1.82) is 0 Å². The van der Waals surface area contributed by atoms with Crippen molar-refractivity contribution in [2.24, 2.45) is 0 Å². The lowest BCUT2D eigenvalue weighted by Crippen LogP contribution is -1.98. The first-order valence-corrected chi connectivity index (χ1v) is 4.08. The van der Waals surface area contributed by atoms with Crippen molar-refractivity contribution in [2.75, 3.05) is 14.2 Å². The number of rotatable bonds is 3. The minimum atomic E-state index is -0.774. The Morgan fingerprint density at radius 1 is 1.36 bits per heavy atom. The van der Waals surface area contributed by atoms with E-state index in [0.717, 1.165) is 0 Å². The number of carbonyl (C=O) groups excluding carboxylic acids is 1. The first-order valence-electron chi connectivity index (χ1n) is 3.70. The van der Waals surface area contributed by atoms with E-state index in [-0.39, 0.29) is 22.1 Å². The van der Waals surface area contributed by atoms with Gasteiger partial charge in [-0.15, -0.1) is 0 Å². The van der Waals surface area contributed by atoms with Crippen molar-refractivity contribution in [2.45, 2.75) is 0 Å². The summed E-state index contributed by atoms with van der Waals surface area (Å²) in [5.74, 6) is -1.07. The molecule has 14 heavy (non-hydrogen) atoms. The van der Waals surface area contributed by atoms with Crippen LogP contribution in [0.5, 0.6) is 11.5 Å². The van der Waals surface area contributed by atoms with Gasteiger partial charge in [-0.05, 0) is 6.07 Å². The molecule has 0 aliphatic carbocycles. The fourth-order valence-corrected chi connectivity index (χ4v) is 1.36. The van der Waals surface area contributed by atoms with E-state index in [1.165, 1.54) is 20.3 Å². The molecule has 1 aromatic carbocycles. The van der Waals surface area contributed by atoms with Crippen LogP contribution in [0.3, 0.4) is 0 Å². The van der Waals surface area contributed by atoms with Crippen molar-refractivity contribution >= 4 is 17.9 Å². The molecule has 0 heterocycles. The van der Waals surface area contributed by atoms with Crippen LogP contribution in [0.15, 0.2) is 6.07 Å². The normalized spacial score (nSPS) is 9.71. The number of halogens is 2. The van der Waals surface area contributed by atoms with Crippen LogP contribution in [-0.2, 0) is 0 Å². The van der Waals surface area contributed by atoms with Gasteiger partial charge >= 0.3 is 0 Å². The summed E-state index contributed by atoms with van der Waals surface area (Å²) in [5.41, 5.74) is 0.0517. The summed E-state index contributed by atoms with van der Waals surface area (Å²) in [6, 6.07) is 1.29. The molecular weight excluding hydrogens is 211 g/mol. The van der Waals surface area contributed by atoms with E-state index in [1.54, 1.807) is 0 Å². The zero-order valence-corrected chi connectivity index (χ0v) is 8.39. The van der Waals surface area contributed by atoms with Crippen LogP contribution in [0, 0.1) is 5.82 Å². The first-order chi connectivity index (χ1) is 6.65. The molecule has 3 nitrogen and oxygen atoms in total. The summed E-state index contributed by atoms with van der Waals surface area (Å²) >= 11 is 5.66. The van der Waals surface area contributed by atoms with Crippen LogP contribution in [0.4, 0.5) is 4.39 Å². The summed E-state index contributed by atoms with van der Waals surface area (Å²) in [5, 5.41) is 0.0351. The number of methoxy groups -OCH3 is 2. The van der Waals surface area contributed by atoms with Gasteiger partial charge in [0.2, 0.25) is 5.82 Å². The summed E-state index contributed by atoms with van der Waals surface area (Å²) in [7, 11) is 2.54. The maximum absolute atomic E-state index is 13.5. The average Bonchev–Trinajstić information content (AvgIpc) is 2.17. The molecule has 0 atom stereocenters. The van der Waals surface area contributed by atoms with Crippen molar-refractivity contribution in [1.82, 2.24) is 0 Å². The fraction of sp³-hybridized carbons (Fsp3) is 0.222. The van der Waals surface area contributed by atoms with Crippen molar-refractivity contribution in [3.8, 4) is 11.5 Å². The van der Waals surface area contributed by atoms with Gasteiger partial charge in [-0.1, -0.05) is 11.6 Å². The molecule has 0 aliphatic heterocycles. The fourth-order valence-electron chi connectivity index (χ4n) is 1.08. The molecule has 0 amide bonds. The molecule has 0 N–H and O–H groups in total. The first kappa shape index (κ1) is 10.8. The van der Waals surface area contributed by atoms with Gasteiger partial charge in [-0.2, -0.15) is 4.39 Å². The Morgan fingerprint density at radius 2 is 1.93 bits per heavy atom. The van der Waals surface area contributed by atoms with Crippen molar-refractivity contribution in [3.63, 3.8) is 0 Å². The molecule has 0 saturated carbocycles. The minimum absolute atomic E-state index is 0.0351. The number of carbonyl (C=O) groups is 1. The highest BCUT2D eigenvalue weighted by Gasteiger charge is 2.18. The van der Waals surface area contributed by atoms with Gasteiger partial charge in [0.1, 0.15) is 0 Å². The van der Waals surface area contributed by atoms with E-state index in [4.69, 9.17) is 21.1 Å². The molecule has 1 aromatic rings. The third kappa shape index (κ3) is 1.65. The lowest BCUT2D eigenvalue weighted by Gasteiger charge is -2.10. The molecule has 0 aromatic heterocycles. The Labute approximate surface area is 85.4 Å². The number of ether oxygens (including phenoxy) is 2. The Hall–Kier alpha value is -1.29. The van der Waals surface area contributed by atoms with Gasteiger partial charge < -0.3 is 9.47 Å².